The number of pyridine rings is 1. The molecule has 0 spiro atoms. The first-order chi connectivity index (χ1) is 8.50. The second-order valence-electron chi connectivity index (χ2n) is 4.54. The number of fused-ring (bicyclic) bond motifs is 1. The highest BCUT2D eigenvalue weighted by atomic mass is 32.1. The van der Waals surface area contributed by atoms with E-state index in [2.05, 4.69) is 9.97 Å². The van der Waals surface area contributed by atoms with Crippen molar-refractivity contribution in [3.8, 4) is 0 Å². The number of aromatic nitrogens is 3. The van der Waals surface area contributed by atoms with Gasteiger partial charge in [0.15, 0.2) is 5.82 Å². The Labute approximate surface area is 112 Å². The fraction of sp³-hybridized carbons (Fsp3) is 0.417. The van der Waals surface area contributed by atoms with Crippen molar-refractivity contribution in [3.63, 3.8) is 0 Å². The van der Waals surface area contributed by atoms with Crippen molar-refractivity contribution in [2.75, 3.05) is 18.5 Å². The molecule has 5 nitrogen and oxygen atoms in total. The van der Waals surface area contributed by atoms with Crippen LogP contribution in [0.1, 0.15) is 6.92 Å². The van der Waals surface area contributed by atoms with Crippen molar-refractivity contribution in [1.82, 2.24) is 14.5 Å². The van der Waals surface area contributed by atoms with Crippen LogP contribution in [0.2, 0.25) is 0 Å². The van der Waals surface area contributed by atoms with Crippen LogP contribution in [-0.4, -0.2) is 33.1 Å². The zero-order valence-electron chi connectivity index (χ0n) is 10.8. The smallest absolute Gasteiger partial charge is 0.156 e. The van der Waals surface area contributed by atoms with Gasteiger partial charge in [-0.1, -0.05) is 19.1 Å². The van der Waals surface area contributed by atoms with E-state index in [9.17, 15) is 0 Å². The second-order valence-corrected chi connectivity index (χ2v) is 5.01. The summed E-state index contributed by atoms with van der Waals surface area (Å²) in [6.07, 6.45) is 3.59. The standard InChI is InChI=1S/C12H17N5S/c1-8(11(13)18)6-16(2)12-10-9(4-5-14-12)17(3)7-15-10/h4-5,7-8H,6H2,1-3H3,(H2,13,18). The molecule has 2 heterocycles. The number of nitrogens with zero attached hydrogens (tertiary/aromatic N) is 4. The Morgan fingerprint density at radius 3 is 2.94 bits per heavy atom. The minimum absolute atomic E-state index is 0.144. The van der Waals surface area contributed by atoms with Crippen LogP contribution in [0, 0.1) is 5.92 Å². The predicted octanol–water partition coefficient (Wildman–Crippen LogP) is 1.33. The molecular formula is C12H17N5S. The van der Waals surface area contributed by atoms with Crippen LogP contribution in [0.4, 0.5) is 5.82 Å². The monoisotopic (exact) mass is 263 g/mol. The van der Waals surface area contributed by atoms with E-state index in [0.29, 0.717) is 4.99 Å². The number of thiocarbonyl (C=S) groups is 1. The Balaban J connectivity index is 2.33. The maximum Gasteiger partial charge on any atom is 0.156 e. The number of anilines is 1. The molecule has 0 radical (unpaired) electrons. The molecule has 2 aromatic heterocycles. The van der Waals surface area contributed by atoms with Crippen molar-refractivity contribution in [2.24, 2.45) is 18.7 Å². The molecule has 2 aromatic rings. The largest absolute Gasteiger partial charge is 0.393 e. The first-order valence-corrected chi connectivity index (χ1v) is 6.18. The van der Waals surface area contributed by atoms with Gasteiger partial charge in [-0.3, -0.25) is 0 Å². The summed E-state index contributed by atoms with van der Waals surface area (Å²) in [6, 6.07) is 1.96. The molecule has 0 aromatic carbocycles. The zero-order chi connectivity index (χ0) is 13.3. The zero-order valence-corrected chi connectivity index (χ0v) is 11.6. The number of rotatable bonds is 4. The van der Waals surface area contributed by atoms with Crippen molar-refractivity contribution < 1.29 is 0 Å². The summed E-state index contributed by atoms with van der Waals surface area (Å²) in [5, 5.41) is 0. The molecule has 0 aliphatic rings. The Kier molecular flexibility index (Phi) is 3.47. The van der Waals surface area contributed by atoms with E-state index in [4.69, 9.17) is 18.0 Å². The van der Waals surface area contributed by atoms with Crippen LogP contribution >= 0.6 is 12.2 Å². The molecule has 1 unspecified atom stereocenters. The lowest BCUT2D eigenvalue weighted by Gasteiger charge is -2.22. The molecule has 0 amide bonds. The fourth-order valence-corrected chi connectivity index (χ4v) is 1.99. The van der Waals surface area contributed by atoms with Gasteiger partial charge in [-0.2, -0.15) is 0 Å². The van der Waals surface area contributed by atoms with Crippen molar-refractivity contribution in [1.29, 1.82) is 0 Å². The van der Waals surface area contributed by atoms with Crippen LogP contribution in [-0.2, 0) is 7.05 Å². The van der Waals surface area contributed by atoms with Gasteiger partial charge in [-0.25, -0.2) is 9.97 Å². The third-order valence-corrected chi connectivity index (χ3v) is 3.42. The van der Waals surface area contributed by atoms with Gasteiger partial charge in [0.25, 0.3) is 0 Å². The van der Waals surface area contributed by atoms with Gasteiger partial charge in [0.1, 0.15) is 5.52 Å². The molecular weight excluding hydrogens is 246 g/mol. The topological polar surface area (TPSA) is 60.0 Å². The lowest BCUT2D eigenvalue weighted by atomic mass is 10.1. The molecule has 18 heavy (non-hydrogen) atoms. The van der Waals surface area contributed by atoms with E-state index in [-0.39, 0.29) is 5.92 Å². The normalized spacial score (nSPS) is 12.6. The van der Waals surface area contributed by atoms with Crippen LogP contribution in [0.15, 0.2) is 18.6 Å². The van der Waals surface area contributed by atoms with E-state index < -0.39 is 0 Å². The van der Waals surface area contributed by atoms with Crippen LogP contribution in [0.25, 0.3) is 11.0 Å². The Hall–Kier alpha value is -1.69. The number of hydrogen-bond donors (Lipinski definition) is 1. The van der Waals surface area contributed by atoms with Crippen LogP contribution in [0.5, 0.6) is 0 Å². The molecule has 2 N–H and O–H groups in total. The van der Waals surface area contributed by atoms with Crippen LogP contribution in [0.3, 0.4) is 0 Å². The van der Waals surface area contributed by atoms with Gasteiger partial charge in [-0.05, 0) is 6.07 Å². The highest BCUT2D eigenvalue weighted by Crippen LogP contribution is 2.22. The first-order valence-electron chi connectivity index (χ1n) is 5.77. The van der Waals surface area contributed by atoms with Crippen molar-refractivity contribution >= 4 is 34.1 Å². The van der Waals surface area contributed by atoms with E-state index >= 15 is 0 Å². The Morgan fingerprint density at radius 1 is 1.56 bits per heavy atom. The summed E-state index contributed by atoms with van der Waals surface area (Å²) in [7, 11) is 3.95. The maximum absolute atomic E-state index is 5.64. The minimum Gasteiger partial charge on any atom is -0.393 e. The lowest BCUT2D eigenvalue weighted by molar-refractivity contribution is 0.737. The Bertz CT molecular complexity index is 577. The summed E-state index contributed by atoms with van der Waals surface area (Å²) in [5.74, 6) is 1.00. The number of aryl methyl sites for hydroxylation is 1. The summed E-state index contributed by atoms with van der Waals surface area (Å²) in [5.41, 5.74) is 7.61. The van der Waals surface area contributed by atoms with E-state index in [0.717, 1.165) is 23.4 Å². The highest BCUT2D eigenvalue weighted by molar-refractivity contribution is 7.80. The average Bonchev–Trinajstić information content (AvgIpc) is 2.71. The molecule has 1 atom stereocenters. The minimum atomic E-state index is 0.144. The Morgan fingerprint density at radius 2 is 2.28 bits per heavy atom. The molecule has 0 bridgehead atoms. The maximum atomic E-state index is 5.64. The molecule has 0 saturated carbocycles. The molecule has 96 valence electrons. The van der Waals surface area contributed by atoms with Gasteiger partial charge in [0.05, 0.1) is 16.8 Å². The molecule has 0 aliphatic carbocycles. The summed E-state index contributed by atoms with van der Waals surface area (Å²) < 4.78 is 1.98. The van der Waals surface area contributed by atoms with Gasteiger partial charge in [0.2, 0.25) is 0 Å². The van der Waals surface area contributed by atoms with Crippen LogP contribution < -0.4 is 10.6 Å². The molecule has 2 rings (SSSR count). The van der Waals surface area contributed by atoms with Crippen molar-refractivity contribution in [2.45, 2.75) is 6.92 Å². The SMILES string of the molecule is CC(CN(C)c1nccc2c1ncn2C)C(N)=S. The van der Waals surface area contributed by atoms with E-state index in [1.807, 2.05) is 36.6 Å². The quantitative estimate of drug-likeness (QED) is 0.843. The second kappa shape index (κ2) is 4.89. The third-order valence-electron chi connectivity index (χ3n) is 3.02. The van der Waals surface area contributed by atoms with Gasteiger partial charge in [-0.15, -0.1) is 0 Å². The number of hydrogen-bond acceptors (Lipinski definition) is 4. The van der Waals surface area contributed by atoms with Gasteiger partial charge < -0.3 is 15.2 Å². The fourth-order valence-electron chi connectivity index (χ4n) is 1.91. The average molecular weight is 263 g/mol. The van der Waals surface area contributed by atoms with Gasteiger partial charge >= 0.3 is 0 Å². The van der Waals surface area contributed by atoms with E-state index in [1.165, 1.54) is 0 Å². The predicted molar refractivity (Wildman–Crippen MR) is 77.7 cm³/mol. The molecule has 0 saturated heterocycles. The number of imidazole rings is 1. The van der Waals surface area contributed by atoms with Crippen molar-refractivity contribution in [3.05, 3.63) is 18.6 Å². The number of nitrogens with two attached hydrogens (primary N) is 1. The summed E-state index contributed by atoms with van der Waals surface area (Å²) in [4.78, 5) is 11.3. The van der Waals surface area contributed by atoms with Gasteiger partial charge in [0, 0.05) is 32.8 Å². The summed E-state index contributed by atoms with van der Waals surface area (Å²) in [6.45, 7) is 2.75. The molecule has 0 fully saturated rings. The van der Waals surface area contributed by atoms with E-state index in [1.54, 1.807) is 12.5 Å². The first kappa shape index (κ1) is 12.8. The lowest BCUT2D eigenvalue weighted by Crippen LogP contribution is -2.31. The molecule has 0 aliphatic heterocycles. The molecule has 6 heteroatoms. The summed E-state index contributed by atoms with van der Waals surface area (Å²) >= 11 is 5.00. The third kappa shape index (κ3) is 2.28. The highest BCUT2D eigenvalue weighted by Gasteiger charge is 2.14.